The number of para-hydroxylation sites is 1. The van der Waals surface area contributed by atoms with Gasteiger partial charge in [0.1, 0.15) is 5.82 Å². The number of fused-ring (bicyclic) bond motifs is 1. The van der Waals surface area contributed by atoms with Crippen LogP contribution in [-0.4, -0.2) is 23.5 Å². The molecule has 0 radical (unpaired) electrons. The van der Waals surface area contributed by atoms with Gasteiger partial charge in [0, 0.05) is 12.1 Å². The molecule has 1 saturated heterocycles. The molecule has 4 rings (SSSR count). The van der Waals surface area contributed by atoms with Crippen molar-refractivity contribution in [3.05, 3.63) is 64.8 Å². The number of hydrogen-bond acceptors (Lipinski definition) is 4. The summed E-state index contributed by atoms with van der Waals surface area (Å²) in [6, 6.07) is 13.1. The molecule has 0 bridgehead atoms. The van der Waals surface area contributed by atoms with E-state index in [0.717, 1.165) is 29.4 Å². The molecule has 0 spiro atoms. The molecule has 0 atom stereocenters. The van der Waals surface area contributed by atoms with Gasteiger partial charge < -0.3 is 10.2 Å². The van der Waals surface area contributed by atoms with E-state index in [1.165, 1.54) is 24.3 Å². The number of amidine groups is 1. The Hall–Kier alpha value is -2.93. The van der Waals surface area contributed by atoms with Crippen LogP contribution >= 0.6 is 11.8 Å². The molecule has 0 saturated carbocycles. The minimum atomic E-state index is -0.353. The van der Waals surface area contributed by atoms with Gasteiger partial charge in [-0.3, -0.25) is 9.59 Å². The van der Waals surface area contributed by atoms with Crippen molar-refractivity contribution in [3.63, 3.8) is 0 Å². The fourth-order valence-corrected chi connectivity index (χ4v) is 4.05. The van der Waals surface area contributed by atoms with Gasteiger partial charge in [0.25, 0.3) is 11.8 Å². The molecule has 1 fully saturated rings. The van der Waals surface area contributed by atoms with Crippen molar-refractivity contribution in [3.8, 4) is 0 Å². The number of hydrogen-bond donors (Lipinski definition) is 1. The number of thioether (sulfide) groups is 1. The van der Waals surface area contributed by atoms with Gasteiger partial charge in [-0.25, -0.2) is 9.38 Å². The molecule has 2 aliphatic heterocycles. The van der Waals surface area contributed by atoms with Gasteiger partial charge in [-0.15, -0.1) is 0 Å². The topological polar surface area (TPSA) is 61.8 Å². The molecule has 5 nitrogen and oxygen atoms in total. The molecule has 0 aliphatic carbocycles. The largest absolute Gasteiger partial charge is 0.308 e. The van der Waals surface area contributed by atoms with Crippen LogP contribution in [0.25, 0.3) is 5.57 Å². The van der Waals surface area contributed by atoms with Crippen LogP contribution in [-0.2, 0) is 9.59 Å². The predicted molar refractivity (Wildman–Crippen MR) is 105 cm³/mol. The summed E-state index contributed by atoms with van der Waals surface area (Å²) in [5.41, 5.74) is 2.52. The van der Waals surface area contributed by atoms with Crippen LogP contribution in [0.2, 0.25) is 0 Å². The fraction of sp³-hybridized carbons (Fsp3) is 0.150. The van der Waals surface area contributed by atoms with E-state index in [0.29, 0.717) is 27.9 Å². The number of benzene rings is 2. The molecule has 0 aromatic heterocycles. The summed E-state index contributed by atoms with van der Waals surface area (Å²) < 4.78 is 13.0. The average Bonchev–Trinajstić information content (AvgIpc) is 3.15. The Morgan fingerprint density at radius 2 is 1.85 bits per heavy atom. The first kappa shape index (κ1) is 17.5. The number of halogens is 1. The predicted octanol–water partition coefficient (Wildman–Crippen LogP) is 3.84. The molecular weight excluding hydrogens is 365 g/mol. The lowest BCUT2D eigenvalue weighted by Gasteiger charge is -2.15. The molecule has 2 amide bonds. The second-order valence-electron chi connectivity index (χ2n) is 6.13. The van der Waals surface area contributed by atoms with E-state index in [1.54, 1.807) is 4.90 Å². The Morgan fingerprint density at radius 3 is 2.59 bits per heavy atom. The zero-order valence-electron chi connectivity index (χ0n) is 14.5. The highest BCUT2D eigenvalue weighted by atomic mass is 32.2. The number of nitrogens with one attached hydrogen (secondary N) is 1. The maximum absolute atomic E-state index is 13.0. The molecule has 0 unspecified atom stereocenters. The van der Waals surface area contributed by atoms with Crippen LogP contribution in [0.4, 0.5) is 15.8 Å². The standard InChI is InChI=1S/C20H16FN3O2S/c1-2-11-24-15-6-4-3-5-14(15)16(19(24)26)17-18(25)23-20(27-17)22-13-9-7-12(21)8-10-13/h3-10H,2,11H2,1H3,(H,22,23,25)/b17-16-. The number of anilines is 1. The van der Waals surface area contributed by atoms with Gasteiger partial charge in [-0.05, 0) is 48.5 Å². The molecule has 2 heterocycles. The van der Waals surface area contributed by atoms with Gasteiger partial charge in [0.15, 0.2) is 5.17 Å². The number of rotatable bonds is 3. The summed E-state index contributed by atoms with van der Waals surface area (Å²) in [6.45, 7) is 2.60. The Balaban J connectivity index is 1.74. The molecule has 2 aromatic carbocycles. The van der Waals surface area contributed by atoms with E-state index in [2.05, 4.69) is 10.3 Å². The molecule has 27 heavy (non-hydrogen) atoms. The maximum atomic E-state index is 13.0. The first-order chi connectivity index (χ1) is 13.1. The van der Waals surface area contributed by atoms with E-state index >= 15 is 0 Å². The summed E-state index contributed by atoms with van der Waals surface area (Å²) in [6.07, 6.45) is 0.819. The lowest BCUT2D eigenvalue weighted by molar-refractivity contribution is -0.116. The van der Waals surface area contributed by atoms with E-state index in [9.17, 15) is 14.0 Å². The summed E-state index contributed by atoms with van der Waals surface area (Å²) in [7, 11) is 0. The second-order valence-corrected chi connectivity index (χ2v) is 7.13. The summed E-state index contributed by atoms with van der Waals surface area (Å²) in [5.74, 6) is -0.870. The first-order valence-electron chi connectivity index (χ1n) is 8.57. The first-order valence-corrected chi connectivity index (χ1v) is 9.39. The van der Waals surface area contributed by atoms with E-state index in [4.69, 9.17) is 0 Å². The number of aliphatic imine (C=N–C) groups is 1. The van der Waals surface area contributed by atoms with Crippen molar-refractivity contribution >= 4 is 45.7 Å². The van der Waals surface area contributed by atoms with Crippen molar-refractivity contribution in [1.82, 2.24) is 5.32 Å². The Bertz CT molecular complexity index is 999. The van der Waals surface area contributed by atoms with Crippen LogP contribution in [0.5, 0.6) is 0 Å². The lowest BCUT2D eigenvalue weighted by Crippen LogP contribution is -2.27. The normalized spacial score (nSPS) is 20.4. The highest BCUT2D eigenvalue weighted by molar-refractivity contribution is 8.18. The quantitative estimate of drug-likeness (QED) is 0.822. The number of carbonyl (C=O) groups is 2. The monoisotopic (exact) mass is 381 g/mol. The molecule has 2 aromatic rings. The zero-order chi connectivity index (χ0) is 19.0. The lowest BCUT2D eigenvalue weighted by atomic mass is 10.1. The molecule has 136 valence electrons. The van der Waals surface area contributed by atoms with E-state index in [-0.39, 0.29) is 17.6 Å². The highest BCUT2D eigenvalue weighted by Gasteiger charge is 2.38. The minimum Gasteiger partial charge on any atom is -0.308 e. The van der Waals surface area contributed by atoms with Crippen LogP contribution in [0, 0.1) is 5.82 Å². The SMILES string of the molecule is CCCN1C(=O)/C(=C2\SC(=Nc3ccc(F)cc3)NC2=O)c2ccccc21. The van der Waals surface area contributed by atoms with Crippen molar-refractivity contribution in [2.24, 2.45) is 4.99 Å². The van der Waals surface area contributed by atoms with Crippen LogP contribution in [0.3, 0.4) is 0 Å². The Labute approximate surface area is 160 Å². The Morgan fingerprint density at radius 1 is 1.11 bits per heavy atom. The molecule has 2 aliphatic rings. The van der Waals surface area contributed by atoms with Crippen LogP contribution < -0.4 is 10.2 Å². The molecular formula is C20H16FN3O2S. The third-order valence-electron chi connectivity index (χ3n) is 4.28. The van der Waals surface area contributed by atoms with Crippen LogP contribution in [0.1, 0.15) is 18.9 Å². The molecule has 7 heteroatoms. The zero-order valence-corrected chi connectivity index (χ0v) is 15.3. The highest BCUT2D eigenvalue weighted by Crippen LogP contribution is 2.42. The fourth-order valence-electron chi connectivity index (χ4n) is 3.12. The average molecular weight is 381 g/mol. The third-order valence-corrected chi connectivity index (χ3v) is 5.26. The molecule has 1 N–H and O–H groups in total. The summed E-state index contributed by atoms with van der Waals surface area (Å²) in [4.78, 5) is 31.9. The van der Waals surface area contributed by atoms with Crippen molar-refractivity contribution in [2.75, 3.05) is 11.4 Å². The van der Waals surface area contributed by atoms with Gasteiger partial charge in [-0.2, -0.15) is 0 Å². The third kappa shape index (κ3) is 3.14. The van der Waals surface area contributed by atoms with E-state index < -0.39 is 0 Å². The maximum Gasteiger partial charge on any atom is 0.264 e. The van der Waals surface area contributed by atoms with Crippen molar-refractivity contribution in [1.29, 1.82) is 0 Å². The number of nitrogens with zero attached hydrogens (tertiary/aromatic N) is 2. The summed E-state index contributed by atoms with van der Waals surface area (Å²) in [5, 5.41) is 3.06. The number of amides is 2. The van der Waals surface area contributed by atoms with Gasteiger partial charge in [-0.1, -0.05) is 25.1 Å². The van der Waals surface area contributed by atoms with Gasteiger partial charge >= 0.3 is 0 Å². The summed E-state index contributed by atoms with van der Waals surface area (Å²) >= 11 is 1.13. The smallest absolute Gasteiger partial charge is 0.264 e. The van der Waals surface area contributed by atoms with E-state index in [1.807, 2.05) is 31.2 Å². The second kappa shape index (κ2) is 7.00. The van der Waals surface area contributed by atoms with Gasteiger partial charge in [0.2, 0.25) is 0 Å². The number of carbonyl (C=O) groups excluding carboxylic acids is 2. The van der Waals surface area contributed by atoms with Crippen molar-refractivity contribution in [2.45, 2.75) is 13.3 Å². The minimum absolute atomic E-state index is 0.168. The van der Waals surface area contributed by atoms with Gasteiger partial charge in [0.05, 0.1) is 21.9 Å². The van der Waals surface area contributed by atoms with Crippen molar-refractivity contribution < 1.29 is 14.0 Å². The Kier molecular flexibility index (Phi) is 4.53. The van der Waals surface area contributed by atoms with Crippen LogP contribution in [0.15, 0.2) is 58.4 Å².